The van der Waals surface area contributed by atoms with E-state index in [2.05, 4.69) is 49.7 Å². The lowest BCUT2D eigenvalue weighted by atomic mass is 10.0. The molecule has 3 aromatic heterocycles. The number of anilines is 1. The molecule has 33 heavy (non-hydrogen) atoms. The van der Waals surface area contributed by atoms with E-state index in [1.807, 2.05) is 48.4 Å². The van der Waals surface area contributed by atoms with E-state index in [0.717, 1.165) is 48.1 Å². The fraction of sp³-hybridized carbons (Fsp3) is 0.391. The zero-order valence-corrected chi connectivity index (χ0v) is 19.0. The van der Waals surface area contributed by atoms with Gasteiger partial charge in [-0.1, -0.05) is 11.3 Å². The quantitative estimate of drug-likeness (QED) is 0.503. The summed E-state index contributed by atoms with van der Waals surface area (Å²) in [6.07, 6.45) is 7.36. The minimum atomic E-state index is -0.250. The molecule has 0 bridgehead atoms. The standard InChI is InChI=1S/C23H27N9O/c1-15(2)31-8-6-19(7-9-31)32-13-18(12-24-32)23(33)25-22-11-17-10-16(4-5-20(17)26-28-22)21-14-30(3)29-27-21/h4-5,10-15,19H,6-9H2,1-3H3,(H,25,28,33). The van der Waals surface area contributed by atoms with E-state index in [1.165, 1.54) is 0 Å². The number of piperidine rings is 1. The molecule has 0 aliphatic carbocycles. The van der Waals surface area contributed by atoms with Crippen LogP contribution in [0.4, 0.5) is 5.82 Å². The number of likely N-dealkylation sites (tertiary alicyclic amines) is 1. The number of rotatable bonds is 5. The SMILES string of the molecule is CC(C)N1CCC(n2cc(C(=O)Nc3cc4cc(-c5cn(C)nn5)ccc4nn3)cn2)CC1. The first-order chi connectivity index (χ1) is 16.0. The summed E-state index contributed by atoms with van der Waals surface area (Å²) >= 11 is 0. The Bertz CT molecular complexity index is 1280. The van der Waals surface area contributed by atoms with Crippen LogP contribution in [0.15, 0.2) is 42.9 Å². The Morgan fingerprint density at radius 1 is 1.09 bits per heavy atom. The lowest BCUT2D eigenvalue weighted by Crippen LogP contribution is -2.39. The third kappa shape index (κ3) is 4.47. The van der Waals surface area contributed by atoms with E-state index in [0.29, 0.717) is 23.5 Å². The van der Waals surface area contributed by atoms with Crippen molar-refractivity contribution in [2.75, 3.05) is 18.4 Å². The van der Waals surface area contributed by atoms with E-state index in [9.17, 15) is 4.79 Å². The van der Waals surface area contributed by atoms with E-state index < -0.39 is 0 Å². The van der Waals surface area contributed by atoms with Gasteiger partial charge in [-0.25, -0.2) is 0 Å². The Hall–Kier alpha value is -3.66. The summed E-state index contributed by atoms with van der Waals surface area (Å²) in [5.74, 6) is 0.140. The van der Waals surface area contributed by atoms with Crippen molar-refractivity contribution in [3.05, 3.63) is 48.4 Å². The molecular formula is C23H27N9O. The van der Waals surface area contributed by atoms with Crippen LogP contribution in [0.5, 0.6) is 0 Å². The largest absolute Gasteiger partial charge is 0.305 e. The van der Waals surface area contributed by atoms with Crippen LogP contribution in [0.3, 0.4) is 0 Å². The van der Waals surface area contributed by atoms with Crippen LogP contribution in [0.2, 0.25) is 0 Å². The van der Waals surface area contributed by atoms with Crippen molar-refractivity contribution in [2.45, 2.75) is 38.8 Å². The molecule has 1 aromatic carbocycles. The van der Waals surface area contributed by atoms with E-state index >= 15 is 0 Å². The topological polar surface area (TPSA) is 107 Å². The maximum atomic E-state index is 12.8. The second-order valence-electron chi connectivity index (χ2n) is 8.80. The number of hydrogen-bond acceptors (Lipinski definition) is 7. The molecule has 170 valence electrons. The molecule has 5 rings (SSSR count). The number of aromatic nitrogens is 7. The molecule has 0 atom stereocenters. The minimum Gasteiger partial charge on any atom is -0.305 e. The molecule has 10 nitrogen and oxygen atoms in total. The number of carbonyl (C=O) groups excluding carboxylic acids is 1. The molecule has 10 heteroatoms. The van der Waals surface area contributed by atoms with Gasteiger partial charge in [0.1, 0.15) is 5.69 Å². The van der Waals surface area contributed by atoms with Gasteiger partial charge in [0.25, 0.3) is 5.91 Å². The highest BCUT2D eigenvalue weighted by molar-refractivity contribution is 6.04. The molecule has 4 heterocycles. The molecule has 1 N–H and O–H groups in total. The molecule has 0 spiro atoms. The van der Waals surface area contributed by atoms with Crippen molar-refractivity contribution >= 4 is 22.6 Å². The third-order valence-electron chi connectivity index (χ3n) is 6.19. The van der Waals surface area contributed by atoms with Crippen molar-refractivity contribution in [3.8, 4) is 11.3 Å². The first-order valence-corrected chi connectivity index (χ1v) is 11.2. The predicted octanol–water partition coefficient (Wildman–Crippen LogP) is 2.92. The summed E-state index contributed by atoms with van der Waals surface area (Å²) in [4.78, 5) is 15.3. The number of hydrogen-bond donors (Lipinski definition) is 1. The van der Waals surface area contributed by atoms with Gasteiger partial charge in [-0.2, -0.15) is 5.10 Å². The average Bonchev–Trinajstić information content (AvgIpc) is 3.48. The van der Waals surface area contributed by atoms with Crippen molar-refractivity contribution in [1.82, 2.24) is 39.9 Å². The summed E-state index contributed by atoms with van der Waals surface area (Å²) < 4.78 is 3.58. The summed E-state index contributed by atoms with van der Waals surface area (Å²) in [5, 5.41) is 24.7. The van der Waals surface area contributed by atoms with E-state index in [-0.39, 0.29) is 5.91 Å². The number of benzene rings is 1. The van der Waals surface area contributed by atoms with Gasteiger partial charge in [0.05, 0.1) is 29.5 Å². The van der Waals surface area contributed by atoms with Crippen LogP contribution < -0.4 is 5.32 Å². The molecule has 4 aromatic rings. The van der Waals surface area contributed by atoms with Gasteiger partial charge in [0.15, 0.2) is 5.82 Å². The Morgan fingerprint density at radius 2 is 1.91 bits per heavy atom. The smallest absolute Gasteiger partial charge is 0.260 e. The van der Waals surface area contributed by atoms with Gasteiger partial charge in [-0.3, -0.25) is 14.2 Å². The van der Waals surface area contributed by atoms with Crippen molar-refractivity contribution in [2.24, 2.45) is 7.05 Å². The number of aryl methyl sites for hydroxylation is 1. The van der Waals surface area contributed by atoms with Gasteiger partial charge < -0.3 is 10.2 Å². The van der Waals surface area contributed by atoms with Gasteiger partial charge in [0.2, 0.25) is 0 Å². The first-order valence-electron chi connectivity index (χ1n) is 11.2. The van der Waals surface area contributed by atoms with Crippen molar-refractivity contribution < 1.29 is 4.79 Å². The normalized spacial score (nSPS) is 15.4. The highest BCUT2D eigenvalue weighted by Crippen LogP contribution is 2.25. The number of carbonyl (C=O) groups is 1. The maximum absolute atomic E-state index is 12.8. The van der Waals surface area contributed by atoms with Crippen LogP contribution in [-0.2, 0) is 7.05 Å². The number of nitrogens with one attached hydrogen (secondary N) is 1. The van der Waals surface area contributed by atoms with E-state index in [1.54, 1.807) is 10.9 Å². The zero-order valence-electron chi connectivity index (χ0n) is 19.0. The summed E-state index contributed by atoms with van der Waals surface area (Å²) in [6, 6.07) is 8.47. The maximum Gasteiger partial charge on any atom is 0.260 e. The minimum absolute atomic E-state index is 0.250. The molecular weight excluding hydrogens is 418 g/mol. The van der Waals surface area contributed by atoms with Gasteiger partial charge in [0, 0.05) is 43.3 Å². The van der Waals surface area contributed by atoms with Crippen LogP contribution in [0.25, 0.3) is 22.2 Å². The molecule has 1 saturated heterocycles. The number of nitrogens with zero attached hydrogens (tertiary/aromatic N) is 8. The Labute approximate surface area is 191 Å². The van der Waals surface area contributed by atoms with Crippen molar-refractivity contribution in [3.63, 3.8) is 0 Å². The Morgan fingerprint density at radius 3 is 2.64 bits per heavy atom. The monoisotopic (exact) mass is 445 g/mol. The van der Waals surface area contributed by atoms with E-state index in [4.69, 9.17) is 0 Å². The molecule has 1 fully saturated rings. The molecule has 1 amide bonds. The van der Waals surface area contributed by atoms with Gasteiger partial charge in [-0.15, -0.1) is 15.3 Å². The fourth-order valence-corrected chi connectivity index (χ4v) is 4.26. The van der Waals surface area contributed by atoms with Crippen LogP contribution >= 0.6 is 0 Å². The highest BCUT2D eigenvalue weighted by Gasteiger charge is 2.23. The fourth-order valence-electron chi connectivity index (χ4n) is 4.26. The molecule has 0 unspecified atom stereocenters. The molecule has 1 aliphatic rings. The lowest BCUT2D eigenvalue weighted by molar-refractivity contribution is 0.102. The number of fused-ring (bicyclic) bond motifs is 1. The van der Waals surface area contributed by atoms with Gasteiger partial charge in [-0.05, 0) is 44.9 Å². The molecule has 1 aliphatic heterocycles. The van der Waals surface area contributed by atoms with Crippen LogP contribution in [-0.4, -0.2) is 64.9 Å². The van der Waals surface area contributed by atoms with Crippen LogP contribution in [0, 0.1) is 0 Å². The second kappa shape index (κ2) is 8.70. The summed E-state index contributed by atoms with van der Waals surface area (Å²) in [5.41, 5.74) is 2.94. The summed E-state index contributed by atoms with van der Waals surface area (Å²) in [6.45, 7) is 6.55. The lowest BCUT2D eigenvalue weighted by Gasteiger charge is -2.34. The highest BCUT2D eigenvalue weighted by atomic mass is 16.1. The van der Waals surface area contributed by atoms with Gasteiger partial charge >= 0.3 is 0 Å². The third-order valence-corrected chi connectivity index (χ3v) is 6.19. The zero-order chi connectivity index (χ0) is 22.9. The Kier molecular flexibility index (Phi) is 5.59. The van der Waals surface area contributed by atoms with Crippen molar-refractivity contribution in [1.29, 1.82) is 0 Å². The first kappa shape index (κ1) is 21.2. The molecule has 0 saturated carbocycles. The number of amides is 1. The molecule has 0 radical (unpaired) electrons. The average molecular weight is 446 g/mol. The summed E-state index contributed by atoms with van der Waals surface area (Å²) in [7, 11) is 1.83. The van der Waals surface area contributed by atoms with Crippen LogP contribution in [0.1, 0.15) is 43.1 Å². The second-order valence-corrected chi connectivity index (χ2v) is 8.80. The predicted molar refractivity (Wildman–Crippen MR) is 125 cm³/mol. The Balaban J connectivity index is 1.29.